The molecular weight excluding hydrogens is 340 g/mol. The van der Waals surface area contributed by atoms with Crippen LogP contribution in [0.1, 0.15) is 22.3 Å². The van der Waals surface area contributed by atoms with Crippen LogP contribution in [0.15, 0.2) is 48.9 Å². The second kappa shape index (κ2) is 7.03. The van der Waals surface area contributed by atoms with Gasteiger partial charge in [-0.25, -0.2) is 15.0 Å². The van der Waals surface area contributed by atoms with E-state index in [0.717, 1.165) is 12.8 Å². The van der Waals surface area contributed by atoms with Crippen molar-refractivity contribution in [2.75, 3.05) is 18.2 Å². The number of fused-ring (bicyclic) bond motifs is 1. The van der Waals surface area contributed by atoms with Gasteiger partial charge < -0.3 is 15.8 Å². The summed E-state index contributed by atoms with van der Waals surface area (Å²) in [4.78, 5) is 12.5. The Morgan fingerprint density at radius 2 is 1.89 bits per heavy atom. The Morgan fingerprint density at radius 1 is 1.15 bits per heavy atom. The number of rotatable bonds is 5. The number of nitrogens with one attached hydrogen (secondary N) is 2. The van der Waals surface area contributed by atoms with Crippen molar-refractivity contribution in [3.05, 3.63) is 71.2 Å². The summed E-state index contributed by atoms with van der Waals surface area (Å²) in [6.45, 7) is 0. The highest BCUT2D eigenvalue weighted by Gasteiger charge is 2.24. The molecule has 0 saturated heterocycles. The number of benzene rings is 1. The molecule has 1 aliphatic rings. The lowest BCUT2D eigenvalue weighted by molar-refractivity contribution is 0.398. The van der Waals surface area contributed by atoms with Crippen LogP contribution in [-0.2, 0) is 12.8 Å². The fourth-order valence-electron chi connectivity index (χ4n) is 3.43. The highest BCUT2D eigenvalue weighted by molar-refractivity contribution is 6.16. The predicted molar refractivity (Wildman–Crippen MR) is 104 cm³/mol. The monoisotopic (exact) mass is 360 g/mol. The van der Waals surface area contributed by atoms with Crippen molar-refractivity contribution in [2.24, 2.45) is 0 Å². The van der Waals surface area contributed by atoms with Crippen molar-refractivity contribution in [1.29, 1.82) is 5.41 Å². The first-order valence-electron chi connectivity index (χ1n) is 8.69. The Balaban J connectivity index is 1.63. The maximum absolute atomic E-state index is 8.64. The van der Waals surface area contributed by atoms with Crippen LogP contribution in [0.25, 0.3) is 0 Å². The summed E-state index contributed by atoms with van der Waals surface area (Å²) in [5.74, 6) is 1.28. The molecular formula is C20H20N6O. The first-order chi connectivity index (χ1) is 13.2. The third kappa shape index (κ3) is 3.31. The highest BCUT2D eigenvalue weighted by Crippen LogP contribution is 2.27. The molecule has 27 heavy (non-hydrogen) atoms. The fraction of sp³-hybridized carbons (Fsp3) is 0.200. The van der Waals surface area contributed by atoms with Crippen LogP contribution in [0.2, 0.25) is 0 Å². The summed E-state index contributed by atoms with van der Waals surface area (Å²) in [5, 5.41) is 12.1. The molecule has 0 atom stereocenters. The molecule has 0 saturated carbocycles. The molecule has 7 nitrogen and oxygen atoms in total. The van der Waals surface area contributed by atoms with Crippen molar-refractivity contribution in [2.45, 2.75) is 18.9 Å². The van der Waals surface area contributed by atoms with E-state index < -0.39 is 0 Å². The third-order valence-electron chi connectivity index (χ3n) is 4.75. The molecule has 4 rings (SSSR count). The van der Waals surface area contributed by atoms with Gasteiger partial charge in [0.2, 0.25) is 5.88 Å². The molecule has 2 aromatic heterocycles. The molecule has 7 heteroatoms. The SMILES string of the molecule is COc1cc(C(=N)c2c(N)ncnc2NC2Cc3ccccc3C2)ccn1. The zero-order chi connectivity index (χ0) is 18.8. The minimum absolute atomic E-state index is 0.204. The highest BCUT2D eigenvalue weighted by atomic mass is 16.5. The number of ether oxygens (including phenoxy) is 1. The molecule has 1 aromatic carbocycles. The second-order valence-corrected chi connectivity index (χ2v) is 6.46. The number of pyridine rings is 1. The number of hydrogen-bond donors (Lipinski definition) is 3. The number of aromatic nitrogens is 3. The van der Waals surface area contributed by atoms with Gasteiger partial charge in [0.1, 0.15) is 18.0 Å². The molecule has 0 aliphatic heterocycles. The van der Waals surface area contributed by atoms with Gasteiger partial charge in [-0.15, -0.1) is 0 Å². The van der Waals surface area contributed by atoms with E-state index >= 15 is 0 Å². The first kappa shape index (κ1) is 17.0. The Bertz CT molecular complexity index is 978. The first-order valence-corrected chi connectivity index (χ1v) is 8.69. The summed E-state index contributed by atoms with van der Waals surface area (Å²) in [6, 6.07) is 12.1. The van der Waals surface area contributed by atoms with Crippen molar-refractivity contribution in [1.82, 2.24) is 15.0 Å². The lowest BCUT2D eigenvalue weighted by atomic mass is 10.0. The number of anilines is 2. The van der Waals surface area contributed by atoms with Gasteiger partial charge in [-0.1, -0.05) is 24.3 Å². The van der Waals surface area contributed by atoms with Crippen LogP contribution >= 0.6 is 0 Å². The van der Waals surface area contributed by atoms with Gasteiger partial charge in [0, 0.05) is 23.9 Å². The summed E-state index contributed by atoms with van der Waals surface area (Å²) in [6.07, 6.45) is 4.85. The van der Waals surface area contributed by atoms with Gasteiger partial charge in [-0.2, -0.15) is 0 Å². The Labute approximate surface area is 157 Å². The van der Waals surface area contributed by atoms with Crippen molar-refractivity contribution >= 4 is 17.3 Å². The number of nitrogens with two attached hydrogens (primary N) is 1. The summed E-state index contributed by atoms with van der Waals surface area (Å²) in [7, 11) is 1.54. The average molecular weight is 360 g/mol. The Hall–Kier alpha value is -3.48. The molecule has 0 bridgehead atoms. The van der Waals surface area contributed by atoms with E-state index in [0.29, 0.717) is 22.8 Å². The largest absolute Gasteiger partial charge is 0.481 e. The van der Waals surface area contributed by atoms with E-state index in [1.54, 1.807) is 25.4 Å². The maximum Gasteiger partial charge on any atom is 0.213 e. The summed E-state index contributed by atoms with van der Waals surface area (Å²) in [5.41, 5.74) is 10.1. The molecule has 3 aromatic rings. The number of nitrogen functional groups attached to an aromatic ring is 1. The van der Waals surface area contributed by atoms with E-state index in [1.807, 2.05) is 0 Å². The van der Waals surface area contributed by atoms with Gasteiger partial charge in [0.05, 0.1) is 18.4 Å². The van der Waals surface area contributed by atoms with E-state index in [-0.39, 0.29) is 17.6 Å². The van der Waals surface area contributed by atoms with Crippen LogP contribution in [0.4, 0.5) is 11.6 Å². The van der Waals surface area contributed by atoms with Crippen molar-refractivity contribution in [3.8, 4) is 5.88 Å². The normalized spacial score (nSPS) is 13.2. The molecule has 0 spiro atoms. The Morgan fingerprint density at radius 3 is 2.59 bits per heavy atom. The molecule has 4 N–H and O–H groups in total. The number of methoxy groups -OCH3 is 1. The van der Waals surface area contributed by atoms with E-state index in [9.17, 15) is 0 Å². The lowest BCUT2D eigenvalue weighted by Crippen LogP contribution is -2.23. The van der Waals surface area contributed by atoms with Gasteiger partial charge in [0.25, 0.3) is 0 Å². The fourth-order valence-corrected chi connectivity index (χ4v) is 3.43. The molecule has 0 amide bonds. The smallest absolute Gasteiger partial charge is 0.213 e. The van der Waals surface area contributed by atoms with Crippen LogP contribution in [0.3, 0.4) is 0 Å². The van der Waals surface area contributed by atoms with Crippen LogP contribution in [-0.4, -0.2) is 33.8 Å². The quantitative estimate of drug-likeness (QED) is 0.603. The van der Waals surface area contributed by atoms with E-state index in [1.165, 1.54) is 17.5 Å². The maximum atomic E-state index is 8.64. The predicted octanol–water partition coefficient (Wildman–Crippen LogP) is 2.46. The molecule has 136 valence electrons. The second-order valence-electron chi connectivity index (χ2n) is 6.46. The van der Waals surface area contributed by atoms with Crippen LogP contribution in [0, 0.1) is 5.41 Å². The number of hydrogen-bond acceptors (Lipinski definition) is 7. The van der Waals surface area contributed by atoms with E-state index in [2.05, 4.69) is 44.5 Å². The topological polar surface area (TPSA) is 110 Å². The molecule has 0 unspecified atom stereocenters. The van der Waals surface area contributed by atoms with Crippen LogP contribution < -0.4 is 15.8 Å². The van der Waals surface area contributed by atoms with E-state index in [4.69, 9.17) is 15.9 Å². The summed E-state index contributed by atoms with van der Waals surface area (Å²) < 4.78 is 5.16. The minimum Gasteiger partial charge on any atom is -0.481 e. The molecule has 1 aliphatic carbocycles. The Kier molecular flexibility index (Phi) is 4.42. The van der Waals surface area contributed by atoms with Gasteiger partial charge in [-0.05, 0) is 30.0 Å². The van der Waals surface area contributed by atoms with Crippen molar-refractivity contribution < 1.29 is 4.74 Å². The standard InChI is InChI=1S/C20H20N6O/c1-27-16-10-14(6-7-23-16)18(21)17-19(22)24-11-25-20(17)26-15-8-12-4-2-3-5-13(12)9-15/h2-7,10-11,15,21H,8-9H2,1H3,(H3,22,24,25,26). The molecule has 0 radical (unpaired) electrons. The molecule has 0 fully saturated rings. The molecule has 2 heterocycles. The van der Waals surface area contributed by atoms with Gasteiger partial charge in [-0.3, -0.25) is 5.41 Å². The summed E-state index contributed by atoms with van der Waals surface area (Å²) >= 11 is 0. The number of nitrogens with zero attached hydrogens (tertiary/aromatic N) is 3. The average Bonchev–Trinajstić information content (AvgIpc) is 3.10. The van der Waals surface area contributed by atoms with Gasteiger partial charge >= 0.3 is 0 Å². The van der Waals surface area contributed by atoms with Gasteiger partial charge in [0.15, 0.2) is 0 Å². The third-order valence-corrected chi connectivity index (χ3v) is 4.75. The zero-order valence-electron chi connectivity index (χ0n) is 14.9. The van der Waals surface area contributed by atoms with Crippen LogP contribution in [0.5, 0.6) is 5.88 Å². The minimum atomic E-state index is 0.204. The lowest BCUT2D eigenvalue weighted by Gasteiger charge is -2.17. The van der Waals surface area contributed by atoms with Crippen molar-refractivity contribution in [3.63, 3.8) is 0 Å². The zero-order valence-corrected chi connectivity index (χ0v) is 14.9.